The Hall–Kier alpha value is -1.10. The summed E-state index contributed by atoms with van der Waals surface area (Å²) in [6.45, 7) is 2.63. The molecule has 2 N–H and O–H groups in total. The maximum absolute atomic E-state index is 9.82. The second kappa shape index (κ2) is 6.99. The van der Waals surface area contributed by atoms with Crippen molar-refractivity contribution < 1.29 is 14.6 Å². The predicted molar refractivity (Wildman–Crippen MR) is 86.2 cm³/mol. The highest BCUT2D eigenvalue weighted by atomic mass is 16.5. The van der Waals surface area contributed by atoms with Crippen LogP contribution in [0, 0.1) is 5.41 Å². The molecule has 22 heavy (non-hydrogen) atoms. The van der Waals surface area contributed by atoms with Gasteiger partial charge in [-0.2, -0.15) is 0 Å². The van der Waals surface area contributed by atoms with Crippen LogP contribution in [0.3, 0.4) is 0 Å². The molecular formula is C18H27NO3. The summed E-state index contributed by atoms with van der Waals surface area (Å²) in [6.07, 6.45) is 5.38. The molecule has 3 rings (SSSR count). The van der Waals surface area contributed by atoms with E-state index in [1.165, 1.54) is 17.5 Å². The quantitative estimate of drug-likeness (QED) is 0.877. The molecule has 1 aliphatic heterocycles. The molecule has 1 heterocycles. The Balaban J connectivity index is 1.69. The van der Waals surface area contributed by atoms with Crippen molar-refractivity contribution in [2.45, 2.75) is 38.1 Å². The zero-order valence-corrected chi connectivity index (χ0v) is 13.4. The molecule has 0 bridgehead atoms. The van der Waals surface area contributed by atoms with E-state index in [-0.39, 0.29) is 12.0 Å². The van der Waals surface area contributed by atoms with Crippen LogP contribution in [-0.2, 0) is 11.2 Å². The first-order chi connectivity index (χ1) is 10.8. The molecule has 0 radical (unpaired) electrons. The molecule has 122 valence electrons. The Morgan fingerprint density at radius 1 is 1.36 bits per heavy atom. The highest BCUT2D eigenvalue weighted by Gasteiger charge is 2.33. The van der Waals surface area contributed by atoms with E-state index in [2.05, 4.69) is 23.5 Å². The smallest absolute Gasteiger partial charge is 0.119 e. The minimum Gasteiger partial charge on any atom is -0.497 e. The first-order valence-electron chi connectivity index (χ1n) is 8.35. The van der Waals surface area contributed by atoms with Gasteiger partial charge < -0.3 is 19.9 Å². The molecule has 1 aliphatic carbocycles. The van der Waals surface area contributed by atoms with Crippen LogP contribution < -0.4 is 10.1 Å². The third-order valence-corrected chi connectivity index (χ3v) is 5.28. The number of benzene rings is 1. The van der Waals surface area contributed by atoms with Crippen molar-refractivity contribution in [3.8, 4) is 5.75 Å². The van der Waals surface area contributed by atoms with Gasteiger partial charge in [-0.25, -0.2) is 0 Å². The summed E-state index contributed by atoms with van der Waals surface area (Å²) >= 11 is 0. The van der Waals surface area contributed by atoms with Crippen molar-refractivity contribution in [1.29, 1.82) is 0 Å². The average molecular weight is 305 g/mol. The third kappa shape index (κ3) is 3.29. The summed E-state index contributed by atoms with van der Waals surface area (Å²) < 4.78 is 10.8. The van der Waals surface area contributed by atoms with E-state index in [1.807, 2.05) is 0 Å². The van der Waals surface area contributed by atoms with Crippen molar-refractivity contribution in [1.82, 2.24) is 5.32 Å². The van der Waals surface area contributed by atoms with E-state index >= 15 is 0 Å². The lowest BCUT2D eigenvalue weighted by atomic mass is 9.80. The van der Waals surface area contributed by atoms with Gasteiger partial charge in [-0.3, -0.25) is 0 Å². The van der Waals surface area contributed by atoms with Crippen LogP contribution in [0.5, 0.6) is 5.75 Å². The van der Waals surface area contributed by atoms with Gasteiger partial charge in [0, 0.05) is 31.2 Å². The fourth-order valence-electron chi connectivity index (χ4n) is 3.66. The number of nitrogens with one attached hydrogen (secondary N) is 1. The minimum atomic E-state index is -0.0116. The normalized spacial score (nSPS) is 23.8. The van der Waals surface area contributed by atoms with Crippen molar-refractivity contribution in [2.24, 2.45) is 5.41 Å². The van der Waals surface area contributed by atoms with Gasteiger partial charge in [-0.05, 0) is 55.4 Å². The Labute approximate surface area is 132 Å². The molecule has 0 saturated carbocycles. The standard InChI is InChI=1S/C18H27NO3/c1-21-15-5-6-16-14(11-15)3-2-4-17(16)19-12-18(13-20)7-9-22-10-8-18/h5-6,11,17,19-20H,2-4,7-10,12-13H2,1H3. The van der Waals surface area contributed by atoms with E-state index in [9.17, 15) is 5.11 Å². The number of fused-ring (bicyclic) bond motifs is 1. The lowest BCUT2D eigenvalue weighted by Crippen LogP contribution is -2.43. The monoisotopic (exact) mass is 305 g/mol. The first-order valence-corrected chi connectivity index (χ1v) is 8.35. The number of aliphatic hydroxyl groups excluding tert-OH is 1. The number of hydrogen-bond donors (Lipinski definition) is 2. The summed E-state index contributed by atoms with van der Waals surface area (Å²) in [5.74, 6) is 0.940. The van der Waals surface area contributed by atoms with Gasteiger partial charge in [-0.1, -0.05) is 6.07 Å². The van der Waals surface area contributed by atoms with Gasteiger partial charge in [0.15, 0.2) is 0 Å². The predicted octanol–water partition coefficient (Wildman–Crippen LogP) is 2.45. The highest BCUT2D eigenvalue weighted by molar-refractivity contribution is 5.39. The van der Waals surface area contributed by atoms with E-state index in [4.69, 9.17) is 9.47 Å². The van der Waals surface area contributed by atoms with Crippen LogP contribution in [-0.4, -0.2) is 38.6 Å². The molecule has 1 atom stereocenters. The molecule has 1 unspecified atom stereocenters. The second-order valence-electron chi connectivity index (χ2n) is 6.66. The summed E-state index contributed by atoms with van der Waals surface area (Å²) in [4.78, 5) is 0. The van der Waals surface area contributed by atoms with E-state index < -0.39 is 0 Å². The average Bonchev–Trinajstić information content (AvgIpc) is 2.60. The number of ether oxygens (including phenoxy) is 2. The van der Waals surface area contributed by atoms with Crippen molar-refractivity contribution in [2.75, 3.05) is 33.5 Å². The van der Waals surface area contributed by atoms with Gasteiger partial charge >= 0.3 is 0 Å². The Morgan fingerprint density at radius 3 is 2.91 bits per heavy atom. The molecule has 2 aliphatic rings. The van der Waals surface area contributed by atoms with Crippen LogP contribution in [0.2, 0.25) is 0 Å². The molecular weight excluding hydrogens is 278 g/mol. The first kappa shape index (κ1) is 15.8. The van der Waals surface area contributed by atoms with E-state index in [0.29, 0.717) is 6.04 Å². The molecule has 4 nitrogen and oxygen atoms in total. The van der Waals surface area contributed by atoms with Crippen molar-refractivity contribution >= 4 is 0 Å². The molecule has 1 aromatic rings. The van der Waals surface area contributed by atoms with Crippen LogP contribution in [0.25, 0.3) is 0 Å². The van der Waals surface area contributed by atoms with Gasteiger partial charge in [0.25, 0.3) is 0 Å². The number of aliphatic hydroxyl groups is 1. The van der Waals surface area contributed by atoms with Gasteiger partial charge in [-0.15, -0.1) is 0 Å². The lowest BCUT2D eigenvalue weighted by Gasteiger charge is -2.38. The second-order valence-corrected chi connectivity index (χ2v) is 6.66. The van der Waals surface area contributed by atoms with Crippen LogP contribution >= 0.6 is 0 Å². The number of aryl methyl sites for hydroxylation is 1. The number of rotatable bonds is 5. The fourth-order valence-corrected chi connectivity index (χ4v) is 3.66. The third-order valence-electron chi connectivity index (χ3n) is 5.28. The minimum absolute atomic E-state index is 0.0116. The highest BCUT2D eigenvalue weighted by Crippen LogP contribution is 2.34. The Morgan fingerprint density at radius 2 is 2.18 bits per heavy atom. The van der Waals surface area contributed by atoms with Crippen LogP contribution in [0.4, 0.5) is 0 Å². The van der Waals surface area contributed by atoms with E-state index in [1.54, 1.807) is 7.11 Å². The molecule has 0 aromatic heterocycles. The molecule has 0 spiro atoms. The Bertz CT molecular complexity index is 497. The molecule has 0 amide bonds. The number of hydrogen-bond acceptors (Lipinski definition) is 4. The van der Waals surface area contributed by atoms with Gasteiger partial charge in [0.2, 0.25) is 0 Å². The lowest BCUT2D eigenvalue weighted by molar-refractivity contribution is -0.0168. The molecule has 1 fully saturated rings. The maximum atomic E-state index is 9.82. The van der Waals surface area contributed by atoms with Crippen molar-refractivity contribution in [3.05, 3.63) is 29.3 Å². The zero-order valence-electron chi connectivity index (χ0n) is 13.4. The summed E-state index contributed by atoms with van der Waals surface area (Å²) in [5.41, 5.74) is 2.78. The molecule has 4 heteroatoms. The molecule has 1 saturated heterocycles. The summed E-state index contributed by atoms with van der Waals surface area (Å²) in [6, 6.07) is 6.80. The van der Waals surface area contributed by atoms with E-state index in [0.717, 1.165) is 51.2 Å². The van der Waals surface area contributed by atoms with Crippen LogP contribution in [0.15, 0.2) is 18.2 Å². The maximum Gasteiger partial charge on any atom is 0.119 e. The summed E-state index contributed by atoms with van der Waals surface area (Å²) in [5, 5.41) is 13.5. The van der Waals surface area contributed by atoms with Crippen LogP contribution in [0.1, 0.15) is 42.9 Å². The largest absolute Gasteiger partial charge is 0.497 e. The summed E-state index contributed by atoms with van der Waals surface area (Å²) in [7, 11) is 1.72. The topological polar surface area (TPSA) is 50.7 Å². The zero-order chi connectivity index (χ0) is 15.4. The molecule has 1 aromatic carbocycles. The Kier molecular flexibility index (Phi) is 5.01. The fraction of sp³-hybridized carbons (Fsp3) is 0.667. The van der Waals surface area contributed by atoms with Crippen molar-refractivity contribution in [3.63, 3.8) is 0 Å². The van der Waals surface area contributed by atoms with Gasteiger partial charge in [0.05, 0.1) is 13.7 Å². The SMILES string of the molecule is COc1ccc2c(c1)CCCC2NCC1(CO)CCOCC1. The van der Waals surface area contributed by atoms with Gasteiger partial charge in [0.1, 0.15) is 5.75 Å². The number of methoxy groups -OCH3 is 1.